The van der Waals surface area contributed by atoms with Crippen LogP contribution in [0.4, 0.5) is 0 Å². The van der Waals surface area contributed by atoms with Crippen molar-refractivity contribution in [2.45, 2.75) is 13.8 Å². The Bertz CT molecular complexity index is 1060. The van der Waals surface area contributed by atoms with Gasteiger partial charge in [0.25, 0.3) is 0 Å². The molecule has 6 heteroatoms. The average Bonchev–Trinajstić information content (AvgIpc) is 2.79. The molecule has 1 aromatic heterocycles. The van der Waals surface area contributed by atoms with Crippen LogP contribution in [-0.2, 0) is 9.47 Å². The second-order valence-corrected chi connectivity index (χ2v) is 6.28. The van der Waals surface area contributed by atoms with Crippen LogP contribution in [0, 0.1) is 0 Å². The van der Waals surface area contributed by atoms with Gasteiger partial charge in [-0.05, 0) is 19.9 Å². The normalized spacial score (nSPS) is 10.3. The molecule has 30 heavy (non-hydrogen) atoms. The highest BCUT2D eigenvalue weighted by atomic mass is 16.5. The van der Waals surface area contributed by atoms with E-state index in [1.54, 1.807) is 56.3 Å². The number of ether oxygens (including phenoxy) is 2. The van der Waals surface area contributed by atoms with Gasteiger partial charge in [0.2, 0.25) is 5.78 Å². The second-order valence-electron chi connectivity index (χ2n) is 6.28. The molecule has 0 aliphatic heterocycles. The van der Waals surface area contributed by atoms with Crippen molar-refractivity contribution < 1.29 is 23.9 Å². The van der Waals surface area contributed by atoms with E-state index >= 15 is 0 Å². The molecule has 0 amide bonds. The minimum absolute atomic E-state index is 0.0524. The molecule has 0 fully saturated rings. The second kappa shape index (κ2) is 9.60. The summed E-state index contributed by atoms with van der Waals surface area (Å²) in [7, 11) is 0. The van der Waals surface area contributed by atoms with Crippen LogP contribution in [0.1, 0.15) is 50.6 Å². The minimum atomic E-state index is -0.799. The number of esters is 2. The van der Waals surface area contributed by atoms with Crippen molar-refractivity contribution in [1.29, 1.82) is 0 Å². The fourth-order valence-corrected chi connectivity index (χ4v) is 2.97. The van der Waals surface area contributed by atoms with Crippen molar-refractivity contribution in [2.75, 3.05) is 13.2 Å². The number of rotatable bonds is 7. The smallest absolute Gasteiger partial charge is 0.341 e. The van der Waals surface area contributed by atoms with E-state index in [-0.39, 0.29) is 30.0 Å². The van der Waals surface area contributed by atoms with Gasteiger partial charge in [-0.2, -0.15) is 0 Å². The van der Waals surface area contributed by atoms with Gasteiger partial charge in [-0.1, -0.05) is 60.7 Å². The Morgan fingerprint density at radius 1 is 0.800 bits per heavy atom. The van der Waals surface area contributed by atoms with Crippen LogP contribution in [0.2, 0.25) is 0 Å². The van der Waals surface area contributed by atoms with Gasteiger partial charge in [0.05, 0.1) is 24.5 Å². The number of carbonyl (C=O) groups excluding carboxylic acids is 3. The first-order chi connectivity index (χ1) is 14.6. The molecule has 0 aliphatic rings. The van der Waals surface area contributed by atoms with Gasteiger partial charge in [-0.25, -0.2) is 14.6 Å². The van der Waals surface area contributed by atoms with Gasteiger partial charge < -0.3 is 9.47 Å². The highest BCUT2D eigenvalue weighted by molar-refractivity contribution is 6.16. The minimum Gasteiger partial charge on any atom is -0.462 e. The number of aromatic nitrogens is 1. The molecule has 1 heterocycles. The molecule has 0 spiro atoms. The van der Waals surface area contributed by atoms with E-state index < -0.39 is 17.7 Å². The molecule has 0 saturated carbocycles. The number of carbonyl (C=O) groups is 3. The third kappa shape index (κ3) is 4.43. The van der Waals surface area contributed by atoms with Crippen LogP contribution in [-0.4, -0.2) is 35.9 Å². The monoisotopic (exact) mass is 403 g/mol. The van der Waals surface area contributed by atoms with E-state index in [1.165, 1.54) is 6.07 Å². The Kier molecular flexibility index (Phi) is 6.70. The predicted octanol–water partition coefficient (Wildman–Crippen LogP) is 4.33. The third-order valence-electron chi connectivity index (χ3n) is 4.31. The number of pyridine rings is 1. The Morgan fingerprint density at radius 3 is 1.97 bits per heavy atom. The number of nitrogens with zero attached hydrogens (tertiary/aromatic N) is 1. The van der Waals surface area contributed by atoms with Gasteiger partial charge in [0.1, 0.15) is 11.3 Å². The quantitative estimate of drug-likeness (QED) is 0.431. The molecule has 0 atom stereocenters. The van der Waals surface area contributed by atoms with E-state index in [4.69, 9.17) is 9.47 Å². The van der Waals surface area contributed by atoms with E-state index in [0.717, 1.165) is 0 Å². The predicted molar refractivity (Wildman–Crippen MR) is 111 cm³/mol. The summed E-state index contributed by atoms with van der Waals surface area (Å²) in [5.41, 5.74) is 1.03. The lowest BCUT2D eigenvalue weighted by molar-refractivity contribution is 0.0477. The Hall–Kier alpha value is -3.80. The molecule has 0 unspecified atom stereocenters. The van der Waals surface area contributed by atoms with Gasteiger partial charge in [0.15, 0.2) is 0 Å². The largest absolute Gasteiger partial charge is 0.462 e. The first-order valence-electron chi connectivity index (χ1n) is 9.61. The fraction of sp³-hybridized carbons (Fsp3) is 0.167. The van der Waals surface area contributed by atoms with Gasteiger partial charge in [0, 0.05) is 11.1 Å². The maximum absolute atomic E-state index is 13.3. The van der Waals surface area contributed by atoms with E-state index in [9.17, 15) is 14.4 Å². The highest BCUT2D eigenvalue weighted by Crippen LogP contribution is 2.26. The first-order valence-corrected chi connectivity index (χ1v) is 9.61. The molecule has 0 N–H and O–H groups in total. The van der Waals surface area contributed by atoms with E-state index in [2.05, 4.69) is 4.98 Å². The summed E-state index contributed by atoms with van der Waals surface area (Å²) in [6, 6.07) is 19.0. The third-order valence-corrected chi connectivity index (χ3v) is 4.31. The zero-order valence-corrected chi connectivity index (χ0v) is 16.8. The van der Waals surface area contributed by atoms with Crippen LogP contribution < -0.4 is 0 Å². The van der Waals surface area contributed by atoms with Gasteiger partial charge in [-0.3, -0.25) is 4.79 Å². The summed E-state index contributed by atoms with van der Waals surface area (Å²) in [4.78, 5) is 43.2. The van der Waals surface area contributed by atoms with Crippen LogP contribution in [0.25, 0.3) is 11.3 Å². The zero-order valence-electron chi connectivity index (χ0n) is 16.8. The molecule has 0 radical (unpaired) electrons. The Morgan fingerprint density at radius 2 is 1.37 bits per heavy atom. The van der Waals surface area contributed by atoms with Gasteiger partial charge in [-0.15, -0.1) is 0 Å². The summed E-state index contributed by atoms with van der Waals surface area (Å²) < 4.78 is 10.3. The number of hydrogen-bond acceptors (Lipinski definition) is 6. The summed E-state index contributed by atoms with van der Waals surface area (Å²) in [6.45, 7) is 3.51. The lowest BCUT2D eigenvalue weighted by Gasteiger charge is -2.14. The maximum atomic E-state index is 13.3. The van der Waals surface area contributed by atoms with Crippen molar-refractivity contribution in [3.8, 4) is 11.3 Å². The van der Waals surface area contributed by atoms with Crippen LogP contribution in [0.3, 0.4) is 0 Å². The Balaban J connectivity index is 2.30. The molecular weight excluding hydrogens is 382 g/mol. The molecule has 152 valence electrons. The summed E-state index contributed by atoms with van der Waals surface area (Å²) >= 11 is 0. The standard InChI is InChI=1S/C24H21NO5/c1-3-29-23(27)18-15-19(16-11-7-5-8-12-16)25-21(20(18)24(28)30-4-2)22(26)17-13-9-6-10-14-17/h5-15H,3-4H2,1-2H3. The van der Waals surface area contributed by atoms with Crippen LogP contribution in [0.15, 0.2) is 66.7 Å². The average molecular weight is 403 g/mol. The number of benzene rings is 2. The molecule has 0 aliphatic carbocycles. The molecule has 6 nitrogen and oxygen atoms in total. The summed E-state index contributed by atoms with van der Waals surface area (Å²) in [6.07, 6.45) is 0. The molecule has 3 rings (SSSR count). The Labute approximate surface area is 174 Å². The molecule has 0 bridgehead atoms. The van der Waals surface area contributed by atoms with Gasteiger partial charge >= 0.3 is 11.9 Å². The van der Waals surface area contributed by atoms with Crippen molar-refractivity contribution in [1.82, 2.24) is 4.98 Å². The SMILES string of the molecule is CCOC(=O)c1cc(-c2ccccc2)nc(C(=O)c2ccccc2)c1C(=O)OCC. The molecule has 2 aromatic carbocycles. The van der Waals surface area contributed by atoms with Crippen molar-refractivity contribution in [3.63, 3.8) is 0 Å². The van der Waals surface area contributed by atoms with E-state index in [0.29, 0.717) is 16.8 Å². The van der Waals surface area contributed by atoms with Crippen LogP contribution >= 0.6 is 0 Å². The molecule has 3 aromatic rings. The van der Waals surface area contributed by atoms with Crippen molar-refractivity contribution >= 4 is 17.7 Å². The number of ketones is 1. The number of hydrogen-bond donors (Lipinski definition) is 0. The lowest BCUT2D eigenvalue weighted by atomic mass is 9.97. The zero-order chi connectivity index (χ0) is 21.5. The first kappa shape index (κ1) is 20.9. The topological polar surface area (TPSA) is 82.6 Å². The maximum Gasteiger partial charge on any atom is 0.341 e. The molecular formula is C24H21NO5. The molecule has 0 saturated heterocycles. The summed E-state index contributed by atoms with van der Waals surface area (Å²) in [5.74, 6) is -2.00. The van der Waals surface area contributed by atoms with Crippen molar-refractivity contribution in [2.24, 2.45) is 0 Å². The fourth-order valence-electron chi connectivity index (χ4n) is 2.97. The van der Waals surface area contributed by atoms with E-state index in [1.807, 2.05) is 18.2 Å². The summed E-state index contributed by atoms with van der Waals surface area (Å²) in [5, 5.41) is 0. The van der Waals surface area contributed by atoms with Crippen LogP contribution in [0.5, 0.6) is 0 Å². The highest BCUT2D eigenvalue weighted by Gasteiger charge is 2.29. The lowest BCUT2D eigenvalue weighted by Crippen LogP contribution is -2.21. The van der Waals surface area contributed by atoms with Crippen molar-refractivity contribution in [3.05, 3.63) is 89.1 Å².